The molecule has 0 aliphatic rings. The maximum atomic E-state index is 11.7. The molecule has 0 heterocycles. The van der Waals surface area contributed by atoms with E-state index in [0.717, 1.165) is 11.5 Å². The summed E-state index contributed by atoms with van der Waals surface area (Å²) >= 11 is 0. The molecule has 2 aromatic carbocycles. The predicted molar refractivity (Wildman–Crippen MR) is 93.3 cm³/mol. The standard InChI is InChI=1S/C18H22N4O/c1-19-17(23)16-10-6-9-15(11-16)13-22-18(20-2)21-12-14-7-4-3-5-8-14/h3-11H,12-13H2,1-2H3,(H,19,23)(H2,20,21,22). The van der Waals surface area contributed by atoms with E-state index in [1.807, 2.05) is 36.4 Å². The van der Waals surface area contributed by atoms with Crippen molar-refractivity contribution in [3.8, 4) is 0 Å². The van der Waals surface area contributed by atoms with E-state index in [0.29, 0.717) is 18.7 Å². The highest BCUT2D eigenvalue weighted by atomic mass is 16.1. The highest BCUT2D eigenvalue weighted by Crippen LogP contribution is 2.05. The van der Waals surface area contributed by atoms with Crippen LogP contribution in [0.3, 0.4) is 0 Å². The maximum Gasteiger partial charge on any atom is 0.251 e. The van der Waals surface area contributed by atoms with Gasteiger partial charge >= 0.3 is 0 Å². The predicted octanol–water partition coefficient (Wildman–Crippen LogP) is 1.91. The molecule has 0 spiro atoms. The summed E-state index contributed by atoms with van der Waals surface area (Å²) < 4.78 is 0. The SMILES string of the molecule is CN=C(NCc1ccccc1)NCc1cccc(C(=O)NC)c1. The van der Waals surface area contributed by atoms with Crippen LogP contribution in [0.15, 0.2) is 59.6 Å². The number of amides is 1. The number of nitrogens with zero attached hydrogens (tertiary/aromatic N) is 1. The fraction of sp³-hybridized carbons (Fsp3) is 0.222. The van der Waals surface area contributed by atoms with Crippen LogP contribution >= 0.6 is 0 Å². The molecule has 0 radical (unpaired) electrons. The molecule has 0 unspecified atom stereocenters. The van der Waals surface area contributed by atoms with Crippen molar-refractivity contribution in [2.75, 3.05) is 14.1 Å². The van der Waals surface area contributed by atoms with Crippen molar-refractivity contribution >= 4 is 11.9 Å². The van der Waals surface area contributed by atoms with Crippen LogP contribution in [0, 0.1) is 0 Å². The van der Waals surface area contributed by atoms with Crippen molar-refractivity contribution in [1.82, 2.24) is 16.0 Å². The Kier molecular flexibility index (Phi) is 6.17. The molecule has 2 aromatic rings. The lowest BCUT2D eigenvalue weighted by atomic mass is 10.1. The summed E-state index contributed by atoms with van der Waals surface area (Å²) in [6, 6.07) is 17.7. The average molecular weight is 310 g/mol. The lowest BCUT2D eigenvalue weighted by Gasteiger charge is -2.12. The van der Waals surface area contributed by atoms with Crippen LogP contribution in [-0.4, -0.2) is 26.0 Å². The molecule has 5 nitrogen and oxygen atoms in total. The third kappa shape index (κ3) is 5.14. The second kappa shape index (κ2) is 8.58. The molecule has 0 saturated carbocycles. The monoisotopic (exact) mass is 310 g/mol. The molecule has 0 fully saturated rings. The van der Waals surface area contributed by atoms with E-state index in [1.165, 1.54) is 5.56 Å². The van der Waals surface area contributed by atoms with Crippen LogP contribution < -0.4 is 16.0 Å². The number of aliphatic imine (C=N–C) groups is 1. The molecular weight excluding hydrogens is 288 g/mol. The quantitative estimate of drug-likeness (QED) is 0.584. The minimum Gasteiger partial charge on any atom is -0.355 e. The summed E-state index contributed by atoms with van der Waals surface area (Å²) in [5, 5.41) is 9.14. The van der Waals surface area contributed by atoms with Crippen LogP contribution in [0.5, 0.6) is 0 Å². The van der Waals surface area contributed by atoms with E-state index < -0.39 is 0 Å². The molecule has 0 atom stereocenters. The first-order valence-electron chi connectivity index (χ1n) is 7.52. The first-order valence-corrected chi connectivity index (χ1v) is 7.52. The minimum atomic E-state index is -0.0848. The van der Waals surface area contributed by atoms with Gasteiger partial charge in [0.2, 0.25) is 0 Å². The van der Waals surface area contributed by atoms with Crippen molar-refractivity contribution in [2.24, 2.45) is 4.99 Å². The Morgan fingerprint density at radius 2 is 1.61 bits per heavy atom. The smallest absolute Gasteiger partial charge is 0.251 e. The van der Waals surface area contributed by atoms with Gasteiger partial charge in [0, 0.05) is 32.7 Å². The lowest BCUT2D eigenvalue weighted by molar-refractivity contribution is 0.0963. The summed E-state index contributed by atoms with van der Waals surface area (Å²) in [6.45, 7) is 1.30. The second-order valence-electron chi connectivity index (χ2n) is 5.04. The number of rotatable bonds is 5. The first-order chi connectivity index (χ1) is 11.2. The Morgan fingerprint density at radius 1 is 0.957 bits per heavy atom. The summed E-state index contributed by atoms with van der Waals surface area (Å²) in [7, 11) is 3.36. The van der Waals surface area contributed by atoms with Crippen molar-refractivity contribution < 1.29 is 4.79 Å². The van der Waals surface area contributed by atoms with Crippen molar-refractivity contribution in [3.05, 3.63) is 71.3 Å². The van der Waals surface area contributed by atoms with Crippen LogP contribution in [0.2, 0.25) is 0 Å². The molecule has 0 aromatic heterocycles. The van der Waals surface area contributed by atoms with Crippen molar-refractivity contribution in [1.29, 1.82) is 0 Å². The van der Waals surface area contributed by atoms with Crippen LogP contribution in [0.4, 0.5) is 0 Å². The van der Waals surface area contributed by atoms with Crippen LogP contribution in [0.1, 0.15) is 21.5 Å². The van der Waals surface area contributed by atoms with Crippen molar-refractivity contribution in [3.63, 3.8) is 0 Å². The number of benzene rings is 2. The van der Waals surface area contributed by atoms with Gasteiger partial charge in [0.1, 0.15) is 0 Å². The summed E-state index contributed by atoms with van der Waals surface area (Å²) in [5.74, 6) is 0.637. The van der Waals surface area contributed by atoms with E-state index in [2.05, 4.69) is 33.1 Å². The number of carbonyl (C=O) groups is 1. The van der Waals surface area contributed by atoms with Gasteiger partial charge < -0.3 is 16.0 Å². The average Bonchev–Trinajstić information content (AvgIpc) is 2.62. The van der Waals surface area contributed by atoms with Gasteiger partial charge in [-0.05, 0) is 23.3 Å². The third-order valence-corrected chi connectivity index (χ3v) is 3.40. The van der Waals surface area contributed by atoms with E-state index >= 15 is 0 Å². The fourth-order valence-corrected chi connectivity index (χ4v) is 2.15. The van der Waals surface area contributed by atoms with Gasteiger partial charge in [-0.1, -0.05) is 42.5 Å². The molecule has 120 valence electrons. The Balaban J connectivity index is 1.89. The third-order valence-electron chi connectivity index (χ3n) is 3.40. The van der Waals surface area contributed by atoms with Gasteiger partial charge in [-0.25, -0.2) is 0 Å². The molecule has 2 rings (SSSR count). The van der Waals surface area contributed by atoms with E-state index in [9.17, 15) is 4.79 Å². The number of carbonyl (C=O) groups excluding carboxylic acids is 1. The molecule has 1 amide bonds. The van der Waals surface area contributed by atoms with Crippen molar-refractivity contribution in [2.45, 2.75) is 13.1 Å². The fourth-order valence-electron chi connectivity index (χ4n) is 2.15. The molecule has 23 heavy (non-hydrogen) atoms. The molecule has 3 N–H and O–H groups in total. The van der Waals surface area contributed by atoms with Gasteiger partial charge in [-0.15, -0.1) is 0 Å². The Labute approximate surface area is 136 Å². The zero-order chi connectivity index (χ0) is 16.5. The highest BCUT2D eigenvalue weighted by molar-refractivity contribution is 5.94. The number of hydrogen-bond acceptors (Lipinski definition) is 2. The van der Waals surface area contributed by atoms with Crippen LogP contribution in [-0.2, 0) is 13.1 Å². The van der Waals surface area contributed by atoms with E-state index in [-0.39, 0.29) is 5.91 Å². The number of hydrogen-bond donors (Lipinski definition) is 3. The molecule has 0 aliphatic carbocycles. The summed E-state index contributed by atoms with van der Waals surface area (Å²) in [4.78, 5) is 15.9. The number of guanidine groups is 1. The van der Waals surface area contributed by atoms with Gasteiger partial charge in [0.05, 0.1) is 0 Å². The number of nitrogens with one attached hydrogen (secondary N) is 3. The summed E-state index contributed by atoms with van der Waals surface area (Å²) in [5.41, 5.74) is 2.87. The van der Waals surface area contributed by atoms with Gasteiger partial charge in [0.15, 0.2) is 5.96 Å². The normalized spacial score (nSPS) is 11.0. The molecule has 0 aliphatic heterocycles. The summed E-state index contributed by atoms with van der Waals surface area (Å²) in [6.07, 6.45) is 0. The minimum absolute atomic E-state index is 0.0848. The maximum absolute atomic E-state index is 11.7. The van der Waals surface area contributed by atoms with Gasteiger partial charge in [-0.3, -0.25) is 9.79 Å². The van der Waals surface area contributed by atoms with Crippen LogP contribution in [0.25, 0.3) is 0 Å². The Hall–Kier alpha value is -2.82. The van der Waals surface area contributed by atoms with E-state index in [4.69, 9.17) is 0 Å². The second-order valence-corrected chi connectivity index (χ2v) is 5.04. The topological polar surface area (TPSA) is 65.5 Å². The largest absolute Gasteiger partial charge is 0.355 e. The van der Waals surface area contributed by atoms with Gasteiger partial charge in [-0.2, -0.15) is 0 Å². The highest BCUT2D eigenvalue weighted by Gasteiger charge is 2.04. The Bertz CT molecular complexity index is 668. The lowest BCUT2D eigenvalue weighted by Crippen LogP contribution is -2.36. The zero-order valence-electron chi connectivity index (χ0n) is 13.5. The molecule has 0 saturated heterocycles. The first kappa shape index (κ1) is 16.5. The molecule has 0 bridgehead atoms. The molecular formula is C18H22N4O. The van der Waals surface area contributed by atoms with E-state index in [1.54, 1.807) is 20.2 Å². The van der Waals surface area contributed by atoms with Gasteiger partial charge in [0.25, 0.3) is 5.91 Å². The Morgan fingerprint density at radius 3 is 2.26 bits per heavy atom. The molecule has 5 heteroatoms. The zero-order valence-corrected chi connectivity index (χ0v) is 13.5.